The minimum atomic E-state index is -0.217. The molecule has 0 radical (unpaired) electrons. The second kappa shape index (κ2) is 6.44. The highest BCUT2D eigenvalue weighted by Gasteiger charge is 2.28. The third kappa shape index (κ3) is 3.72. The van der Waals surface area contributed by atoms with Gasteiger partial charge in [0.15, 0.2) is 0 Å². The lowest BCUT2D eigenvalue weighted by molar-refractivity contribution is 0.0998. The quantitative estimate of drug-likeness (QED) is 0.756. The summed E-state index contributed by atoms with van der Waals surface area (Å²) in [6.45, 7) is 9.07. The van der Waals surface area contributed by atoms with E-state index in [4.69, 9.17) is 0 Å². The van der Waals surface area contributed by atoms with Crippen LogP contribution >= 0.6 is 0 Å². The Morgan fingerprint density at radius 2 is 2.20 bits per heavy atom. The minimum absolute atomic E-state index is 0.217. The first-order valence-corrected chi connectivity index (χ1v) is 6.22. The second-order valence-electron chi connectivity index (χ2n) is 4.89. The fourth-order valence-corrected chi connectivity index (χ4v) is 2.33. The summed E-state index contributed by atoms with van der Waals surface area (Å²) in [5.74, 6) is 0.634. The molecule has 90 valence electrons. The largest absolute Gasteiger partial charge is 0.311 e. The summed E-state index contributed by atoms with van der Waals surface area (Å²) in [5.41, 5.74) is 0. The van der Waals surface area contributed by atoms with Crippen LogP contribution in [-0.4, -0.2) is 43.3 Å². The SMILES string of the molecule is CCCC1CNC(C(C)C)CN1CCF. The summed E-state index contributed by atoms with van der Waals surface area (Å²) in [4.78, 5) is 2.32. The Hall–Kier alpha value is -0.150. The van der Waals surface area contributed by atoms with Crippen molar-refractivity contribution in [1.29, 1.82) is 0 Å². The first kappa shape index (κ1) is 12.9. The van der Waals surface area contributed by atoms with Crippen molar-refractivity contribution in [2.24, 2.45) is 5.92 Å². The fourth-order valence-electron chi connectivity index (χ4n) is 2.33. The second-order valence-corrected chi connectivity index (χ2v) is 4.89. The molecule has 0 aromatic rings. The Balaban J connectivity index is 2.48. The van der Waals surface area contributed by atoms with E-state index in [1.54, 1.807) is 0 Å². The number of nitrogens with zero attached hydrogens (tertiary/aromatic N) is 1. The molecule has 3 heteroatoms. The van der Waals surface area contributed by atoms with Crippen molar-refractivity contribution in [1.82, 2.24) is 10.2 Å². The van der Waals surface area contributed by atoms with Crippen molar-refractivity contribution in [3.05, 3.63) is 0 Å². The highest BCUT2D eigenvalue weighted by Crippen LogP contribution is 2.15. The van der Waals surface area contributed by atoms with Gasteiger partial charge in [0.2, 0.25) is 0 Å². The van der Waals surface area contributed by atoms with Crippen LogP contribution in [0.4, 0.5) is 4.39 Å². The van der Waals surface area contributed by atoms with Gasteiger partial charge < -0.3 is 5.32 Å². The maximum atomic E-state index is 12.5. The average Bonchev–Trinajstić information content (AvgIpc) is 2.21. The molecule has 0 spiro atoms. The fraction of sp³-hybridized carbons (Fsp3) is 1.00. The van der Waals surface area contributed by atoms with E-state index in [9.17, 15) is 4.39 Å². The molecule has 15 heavy (non-hydrogen) atoms. The van der Waals surface area contributed by atoms with E-state index in [0.29, 0.717) is 24.5 Å². The standard InChI is InChI=1S/C12H25FN2/c1-4-5-11-8-14-12(10(2)3)9-15(11)7-6-13/h10-12,14H,4-9H2,1-3H3. The zero-order valence-electron chi connectivity index (χ0n) is 10.3. The molecule has 1 saturated heterocycles. The molecule has 1 rings (SSSR count). The third-order valence-corrected chi connectivity index (χ3v) is 3.36. The maximum absolute atomic E-state index is 12.5. The molecule has 0 amide bonds. The molecule has 1 aliphatic heterocycles. The number of hydrogen-bond acceptors (Lipinski definition) is 2. The molecule has 2 nitrogen and oxygen atoms in total. The van der Waals surface area contributed by atoms with Crippen molar-refractivity contribution in [2.75, 3.05) is 26.3 Å². The van der Waals surface area contributed by atoms with Gasteiger partial charge in [-0.2, -0.15) is 0 Å². The van der Waals surface area contributed by atoms with E-state index >= 15 is 0 Å². The van der Waals surface area contributed by atoms with E-state index in [-0.39, 0.29) is 6.67 Å². The van der Waals surface area contributed by atoms with E-state index in [1.807, 2.05) is 0 Å². The van der Waals surface area contributed by atoms with Crippen LogP contribution in [0.1, 0.15) is 33.6 Å². The van der Waals surface area contributed by atoms with Gasteiger partial charge in [0.1, 0.15) is 6.67 Å². The van der Waals surface area contributed by atoms with Gasteiger partial charge in [0, 0.05) is 31.7 Å². The van der Waals surface area contributed by atoms with Crippen LogP contribution in [0, 0.1) is 5.92 Å². The first-order chi connectivity index (χ1) is 7.19. The molecule has 1 fully saturated rings. The molecule has 0 saturated carbocycles. The van der Waals surface area contributed by atoms with Gasteiger partial charge in [-0.3, -0.25) is 4.90 Å². The number of piperazine rings is 1. The molecular weight excluding hydrogens is 191 g/mol. The highest BCUT2D eigenvalue weighted by molar-refractivity contribution is 4.87. The van der Waals surface area contributed by atoms with Crippen LogP contribution in [0.3, 0.4) is 0 Å². The van der Waals surface area contributed by atoms with E-state index < -0.39 is 0 Å². The Bertz CT molecular complexity index is 173. The Morgan fingerprint density at radius 1 is 1.47 bits per heavy atom. The number of hydrogen-bond donors (Lipinski definition) is 1. The monoisotopic (exact) mass is 216 g/mol. The Kier molecular flexibility index (Phi) is 5.54. The van der Waals surface area contributed by atoms with Gasteiger partial charge in [-0.25, -0.2) is 4.39 Å². The van der Waals surface area contributed by atoms with Gasteiger partial charge in [-0.1, -0.05) is 27.2 Å². The molecule has 0 aliphatic carbocycles. The number of nitrogens with one attached hydrogen (secondary N) is 1. The predicted octanol–water partition coefficient (Wildman–Crippen LogP) is 2.05. The van der Waals surface area contributed by atoms with Gasteiger partial charge >= 0.3 is 0 Å². The predicted molar refractivity (Wildman–Crippen MR) is 62.9 cm³/mol. The lowest BCUT2D eigenvalue weighted by atomic mass is 9.98. The summed E-state index contributed by atoms with van der Waals surface area (Å²) in [6, 6.07) is 1.07. The van der Waals surface area contributed by atoms with Crippen molar-refractivity contribution in [3.63, 3.8) is 0 Å². The van der Waals surface area contributed by atoms with Crippen molar-refractivity contribution < 1.29 is 4.39 Å². The molecule has 1 aliphatic rings. The number of halogens is 1. The zero-order valence-corrected chi connectivity index (χ0v) is 10.3. The van der Waals surface area contributed by atoms with Crippen molar-refractivity contribution in [2.45, 2.75) is 45.7 Å². The first-order valence-electron chi connectivity index (χ1n) is 6.22. The van der Waals surface area contributed by atoms with E-state index in [0.717, 1.165) is 13.1 Å². The summed E-state index contributed by atoms with van der Waals surface area (Å²) in [7, 11) is 0. The Labute approximate surface area is 93.2 Å². The maximum Gasteiger partial charge on any atom is 0.102 e. The molecule has 1 N–H and O–H groups in total. The Morgan fingerprint density at radius 3 is 2.73 bits per heavy atom. The van der Waals surface area contributed by atoms with Crippen LogP contribution in [0.25, 0.3) is 0 Å². The lowest BCUT2D eigenvalue weighted by Crippen LogP contribution is -2.58. The summed E-state index contributed by atoms with van der Waals surface area (Å²) < 4.78 is 12.5. The zero-order chi connectivity index (χ0) is 11.3. The topological polar surface area (TPSA) is 15.3 Å². The molecular formula is C12H25FN2. The number of rotatable bonds is 5. The molecule has 0 aromatic carbocycles. The highest BCUT2D eigenvalue weighted by atomic mass is 19.1. The average molecular weight is 216 g/mol. The normalized spacial score (nSPS) is 28.6. The molecule has 2 unspecified atom stereocenters. The molecule has 0 bridgehead atoms. The van der Waals surface area contributed by atoms with Gasteiger partial charge in [0.05, 0.1) is 0 Å². The van der Waals surface area contributed by atoms with Crippen LogP contribution in [0.5, 0.6) is 0 Å². The van der Waals surface area contributed by atoms with Crippen LogP contribution in [-0.2, 0) is 0 Å². The summed E-state index contributed by atoms with van der Waals surface area (Å²) in [5, 5.41) is 3.58. The van der Waals surface area contributed by atoms with Gasteiger partial charge in [-0.15, -0.1) is 0 Å². The smallest absolute Gasteiger partial charge is 0.102 e. The summed E-state index contributed by atoms with van der Waals surface area (Å²) in [6.07, 6.45) is 2.36. The van der Waals surface area contributed by atoms with Gasteiger partial charge in [0.25, 0.3) is 0 Å². The van der Waals surface area contributed by atoms with Crippen molar-refractivity contribution in [3.8, 4) is 0 Å². The molecule has 0 aromatic heterocycles. The summed E-state index contributed by atoms with van der Waals surface area (Å²) >= 11 is 0. The lowest BCUT2D eigenvalue weighted by Gasteiger charge is -2.41. The van der Waals surface area contributed by atoms with Crippen molar-refractivity contribution >= 4 is 0 Å². The van der Waals surface area contributed by atoms with Crippen LogP contribution in [0.2, 0.25) is 0 Å². The van der Waals surface area contributed by atoms with E-state index in [2.05, 4.69) is 31.0 Å². The van der Waals surface area contributed by atoms with Gasteiger partial charge in [-0.05, 0) is 12.3 Å². The third-order valence-electron chi connectivity index (χ3n) is 3.36. The van der Waals surface area contributed by atoms with Crippen LogP contribution < -0.4 is 5.32 Å². The van der Waals surface area contributed by atoms with E-state index in [1.165, 1.54) is 12.8 Å². The van der Waals surface area contributed by atoms with Crippen LogP contribution in [0.15, 0.2) is 0 Å². The molecule has 1 heterocycles. The molecule has 2 atom stereocenters. The number of alkyl halides is 1. The minimum Gasteiger partial charge on any atom is -0.311 e.